The smallest absolute Gasteiger partial charge is 0.214 e. The van der Waals surface area contributed by atoms with Crippen LogP contribution in [0.3, 0.4) is 0 Å². The minimum atomic E-state index is -0.162. The summed E-state index contributed by atoms with van der Waals surface area (Å²) in [5, 5.41) is 9.17. The van der Waals surface area contributed by atoms with Crippen LogP contribution in [-0.2, 0) is 0 Å². The van der Waals surface area contributed by atoms with Crippen LogP contribution in [0, 0.1) is 0 Å². The van der Waals surface area contributed by atoms with Gasteiger partial charge in [-0.1, -0.05) is 0 Å². The van der Waals surface area contributed by atoms with Crippen molar-refractivity contribution in [3.8, 4) is 0 Å². The average Bonchev–Trinajstić information content (AvgIpc) is 2.53. The second kappa shape index (κ2) is 2.10. The molecule has 0 amide bonds. The van der Waals surface area contributed by atoms with Crippen molar-refractivity contribution in [1.82, 2.24) is 9.71 Å². The number of oxazole rings is 1. The van der Waals surface area contributed by atoms with Crippen LogP contribution < -0.4 is 0 Å². The number of ketones is 1. The highest BCUT2D eigenvalue weighted by molar-refractivity contribution is 6.03. The van der Waals surface area contributed by atoms with Crippen molar-refractivity contribution in [2.75, 3.05) is 0 Å². The van der Waals surface area contributed by atoms with E-state index >= 15 is 0 Å². The summed E-state index contributed by atoms with van der Waals surface area (Å²) in [7, 11) is 0. The molecule has 2 heterocycles. The Bertz CT molecular complexity index is 440. The maximum Gasteiger partial charge on any atom is 0.214 e. The Kier molecular flexibility index (Phi) is 1.21. The molecule has 2 aromatic rings. The van der Waals surface area contributed by atoms with Gasteiger partial charge in [0.1, 0.15) is 0 Å². The van der Waals surface area contributed by atoms with Crippen LogP contribution in [0.2, 0.25) is 0 Å². The quantitative estimate of drug-likeness (QED) is 0.508. The summed E-state index contributed by atoms with van der Waals surface area (Å²) < 4.78 is 5.69. The molecule has 0 atom stereocenters. The fourth-order valence-corrected chi connectivity index (χ4v) is 1.08. The fraction of sp³-hybridized carbons (Fsp3) is 0.143. The predicted molar refractivity (Wildman–Crippen MR) is 39.2 cm³/mol. The second-order valence-corrected chi connectivity index (χ2v) is 2.45. The van der Waals surface area contributed by atoms with E-state index in [2.05, 4.69) is 4.98 Å². The molecule has 2 aromatic heterocycles. The van der Waals surface area contributed by atoms with Gasteiger partial charge in [-0.25, -0.2) is 0 Å². The third kappa shape index (κ3) is 0.730. The molecule has 5 nitrogen and oxygen atoms in total. The Labute approximate surface area is 67.2 Å². The summed E-state index contributed by atoms with van der Waals surface area (Å²) in [5.41, 5.74) is 0.926. The number of hydrogen-bond donors (Lipinski definition) is 1. The molecule has 0 aliphatic heterocycles. The van der Waals surface area contributed by atoms with Crippen LogP contribution in [0.4, 0.5) is 0 Å². The summed E-state index contributed by atoms with van der Waals surface area (Å²) >= 11 is 0. The van der Waals surface area contributed by atoms with Crippen LogP contribution >= 0.6 is 0 Å². The normalized spacial score (nSPS) is 10.8. The summed E-state index contributed by atoms with van der Waals surface area (Å²) in [6.07, 6.45) is 2.47. The zero-order valence-electron chi connectivity index (χ0n) is 6.31. The van der Waals surface area contributed by atoms with E-state index in [0.29, 0.717) is 11.1 Å². The molecule has 5 heteroatoms. The molecule has 0 spiro atoms. The van der Waals surface area contributed by atoms with Crippen molar-refractivity contribution >= 4 is 17.0 Å². The summed E-state index contributed by atoms with van der Waals surface area (Å²) in [6, 6.07) is 0. The number of hydrogen-bond acceptors (Lipinski definition) is 4. The highest BCUT2D eigenvalue weighted by Crippen LogP contribution is 2.18. The molecule has 12 heavy (non-hydrogen) atoms. The lowest BCUT2D eigenvalue weighted by atomic mass is 10.2. The minimum Gasteiger partial charge on any atom is -0.441 e. The van der Waals surface area contributed by atoms with Gasteiger partial charge in [0.05, 0.1) is 11.8 Å². The topological polar surface area (TPSA) is 68.3 Å². The van der Waals surface area contributed by atoms with E-state index in [9.17, 15) is 10.0 Å². The highest BCUT2D eigenvalue weighted by Gasteiger charge is 2.15. The van der Waals surface area contributed by atoms with Gasteiger partial charge in [0, 0.05) is 0 Å². The molecule has 1 N–H and O–H groups in total. The Morgan fingerprint density at radius 2 is 2.50 bits per heavy atom. The maximum absolute atomic E-state index is 11.0. The number of Topliss-reactive ketones (excluding diaryl/α,β-unsaturated/α-hetero) is 1. The number of rotatable bonds is 1. The van der Waals surface area contributed by atoms with Gasteiger partial charge in [0.2, 0.25) is 5.65 Å². The number of carbonyl (C=O) groups is 1. The fourth-order valence-electron chi connectivity index (χ4n) is 1.08. The Balaban J connectivity index is 2.83. The molecule has 0 fully saturated rings. The first-order valence-electron chi connectivity index (χ1n) is 3.35. The van der Waals surface area contributed by atoms with Crippen LogP contribution in [-0.4, -0.2) is 20.7 Å². The Morgan fingerprint density at radius 1 is 1.75 bits per heavy atom. The Morgan fingerprint density at radius 3 is 3.17 bits per heavy atom. The Hall–Kier alpha value is -1.78. The molecule has 0 aromatic carbocycles. The molecule has 2 rings (SSSR count). The minimum absolute atomic E-state index is 0.162. The van der Waals surface area contributed by atoms with Gasteiger partial charge in [-0.15, -0.1) is 0 Å². The third-order valence-electron chi connectivity index (χ3n) is 1.64. The maximum atomic E-state index is 11.0. The van der Waals surface area contributed by atoms with Crippen LogP contribution in [0.15, 0.2) is 17.0 Å². The second-order valence-electron chi connectivity index (χ2n) is 2.45. The summed E-state index contributed by atoms with van der Waals surface area (Å²) in [5.74, 6) is -0.162. The van der Waals surface area contributed by atoms with Crippen LogP contribution in [0.5, 0.6) is 0 Å². The number of carbonyl (C=O) groups excluding carboxylic acids is 1. The van der Waals surface area contributed by atoms with Gasteiger partial charge in [-0.2, -0.15) is 9.71 Å². The van der Waals surface area contributed by atoms with Gasteiger partial charge in [0.15, 0.2) is 17.8 Å². The van der Waals surface area contributed by atoms with Crippen molar-refractivity contribution in [3.05, 3.63) is 18.2 Å². The lowest BCUT2D eigenvalue weighted by Crippen LogP contribution is -1.90. The van der Waals surface area contributed by atoms with Gasteiger partial charge >= 0.3 is 0 Å². The van der Waals surface area contributed by atoms with Gasteiger partial charge < -0.3 is 9.62 Å². The van der Waals surface area contributed by atoms with Crippen molar-refractivity contribution in [2.45, 2.75) is 6.92 Å². The van der Waals surface area contributed by atoms with Gasteiger partial charge in [-0.05, 0) is 6.92 Å². The van der Waals surface area contributed by atoms with Gasteiger partial charge in [-0.3, -0.25) is 4.79 Å². The molecular weight excluding hydrogens is 160 g/mol. The largest absolute Gasteiger partial charge is 0.441 e. The van der Waals surface area contributed by atoms with Crippen molar-refractivity contribution in [1.29, 1.82) is 0 Å². The van der Waals surface area contributed by atoms with Gasteiger partial charge in [0.25, 0.3) is 0 Å². The van der Waals surface area contributed by atoms with Crippen molar-refractivity contribution in [3.63, 3.8) is 0 Å². The molecule has 62 valence electrons. The molecule has 0 saturated heterocycles. The number of nitrogens with zero attached hydrogens (tertiary/aromatic N) is 2. The first-order valence-corrected chi connectivity index (χ1v) is 3.35. The van der Waals surface area contributed by atoms with E-state index in [4.69, 9.17) is 4.42 Å². The lowest BCUT2D eigenvalue weighted by Gasteiger charge is -1.85. The zero-order valence-corrected chi connectivity index (χ0v) is 6.31. The third-order valence-corrected chi connectivity index (χ3v) is 1.64. The van der Waals surface area contributed by atoms with E-state index in [0.717, 1.165) is 4.73 Å². The first kappa shape index (κ1) is 6.90. The average molecular weight is 166 g/mol. The standard InChI is InChI=1S/C7H6N2O3/c1-4(10)5-2-9(11)7-6(5)12-3-8-7/h2-3,11H,1H3. The lowest BCUT2D eigenvalue weighted by molar-refractivity contribution is 0.101. The molecule has 0 radical (unpaired) electrons. The molecule has 0 aliphatic carbocycles. The van der Waals surface area contributed by atoms with Crippen molar-refractivity contribution in [2.24, 2.45) is 0 Å². The first-order chi connectivity index (χ1) is 5.70. The van der Waals surface area contributed by atoms with E-state index in [1.165, 1.54) is 19.5 Å². The highest BCUT2D eigenvalue weighted by atomic mass is 16.5. The molecule has 0 bridgehead atoms. The monoisotopic (exact) mass is 166 g/mol. The van der Waals surface area contributed by atoms with E-state index in [1.807, 2.05) is 0 Å². The van der Waals surface area contributed by atoms with Crippen molar-refractivity contribution < 1.29 is 14.4 Å². The van der Waals surface area contributed by atoms with E-state index in [1.54, 1.807) is 0 Å². The SMILES string of the molecule is CC(=O)c1cn(O)c2ncoc12. The zero-order chi connectivity index (χ0) is 8.72. The summed E-state index contributed by atoms with van der Waals surface area (Å²) in [4.78, 5) is 14.7. The van der Waals surface area contributed by atoms with Crippen LogP contribution in [0.25, 0.3) is 11.2 Å². The summed E-state index contributed by atoms with van der Waals surface area (Å²) in [6.45, 7) is 1.40. The van der Waals surface area contributed by atoms with Crippen LogP contribution in [0.1, 0.15) is 17.3 Å². The number of aromatic nitrogens is 2. The molecule has 0 unspecified atom stereocenters. The molecule has 0 aliphatic rings. The molecular formula is C7H6N2O3. The van der Waals surface area contributed by atoms with E-state index in [-0.39, 0.29) is 11.4 Å². The number of fused-ring (bicyclic) bond motifs is 1. The predicted octanol–water partition coefficient (Wildman–Crippen LogP) is 1.07. The molecule has 0 saturated carbocycles. The van der Waals surface area contributed by atoms with E-state index < -0.39 is 0 Å².